The molecule has 2 saturated heterocycles. The van der Waals surface area contributed by atoms with E-state index in [0.717, 1.165) is 24.1 Å². The summed E-state index contributed by atoms with van der Waals surface area (Å²) < 4.78 is 38.7. The van der Waals surface area contributed by atoms with Crippen LogP contribution in [0.2, 0.25) is 5.02 Å². The van der Waals surface area contributed by atoms with Crippen molar-refractivity contribution in [2.24, 2.45) is 0 Å². The highest BCUT2D eigenvalue weighted by molar-refractivity contribution is 6.30. The quantitative estimate of drug-likeness (QED) is 0.246. The molecule has 2 fully saturated rings. The number of carbonyl (C=O) groups is 3. The number of alkyl halides is 3. The van der Waals surface area contributed by atoms with Gasteiger partial charge in [0.1, 0.15) is 0 Å². The minimum Gasteiger partial charge on any atom is -0.338 e. The summed E-state index contributed by atoms with van der Waals surface area (Å²) >= 11 is 6.07. The molecule has 0 aliphatic carbocycles. The van der Waals surface area contributed by atoms with Crippen LogP contribution >= 0.6 is 11.6 Å². The molecular weight excluding hydrogens is 641 g/mol. The van der Waals surface area contributed by atoms with Gasteiger partial charge in [-0.15, -0.1) is 0 Å². The number of carbonyl (C=O) groups excluding carboxylic acids is 3. The Kier molecular flexibility index (Phi) is 10.4. The summed E-state index contributed by atoms with van der Waals surface area (Å²) in [4.78, 5) is 46.7. The molecule has 0 unspecified atom stereocenters. The summed E-state index contributed by atoms with van der Waals surface area (Å²) in [6.07, 6.45) is -2.27. The van der Waals surface area contributed by atoms with Gasteiger partial charge in [-0.05, 0) is 77.8 Å². The molecule has 2 aliphatic heterocycles. The fraction of sp³-hybridized carbons (Fsp3) is 0.432. The Balaban J connectivity index is 1.14. The smallest absolute Gasteiger partial charge is 0.338 e. The molecule has 0 bridgehead atoms. The second-order valence-corrected chi connectivity index (χ2v) is 13.9. The largest absolute Gasteiger partial charge is 0.416 e. The summed E-state index contributed by atoms with van der Waals surface area (Å²) in [7, 11) is 1.73. The molecule has 48 heavy (non-hydrogen) atoms. The molecule has 3 aromatic rings. The van der Waals surface area contributed by atoms with Crippen molar-refractivity contribution in [1.29, 1.82) is 0 Å². The van der Waals surface area contributed by atoms with Crippen molar-refractivity contribution < 1.29 is 27.6 Å². The van der Waals surface area contributed by atoms with E-state index in [1.807, 2.05) is 34.1 Å². The van der Waals surface area contributed by atoms with Gasteiger partial charge in [0, 0.05) is 57.3 Å². The second-order valence-electron chi connectivity index (χ2n) is 13.5. The Hall–Kier alpha value is -4.05. The van der Waals surface area contributed by atoms with Crippen LogP contribution in [0.25, 0.3) is 11.1 Å². The minimum absolute atomic E-state index is 0.00466. The molecule has 0 aromatic heterocycles. The van der Waals surface area contributed by atoms with Crippen molar-refractivity contribution >= 4 is 29.4 Å². The Morgan fingerprint density at radius 1 is 0.792 bits per heavy atom. The van der Waals surface area contributed by atoms with Crippen LogP contribution in [0.3, 0.4) is 0 Å². The lowest BCUT2D eigenvalue weighted by molar-refractivity contribution is -0.137. The van der Waals surface area contributed by atoms with E-state index in [2.05, 4.69) is 13.8 Å². The zero-order chi connectivity index (χ0) is 34.8. The Morgan fingerprint density at radius 2 is 1.29 bits per heavy atom. The number of nitrogens with zero attached hydrogens (tertiary/aromatic N) is 4. The van der Waals surface area contributed by atoms with E-state index in [4.69, 9.17) is 11.6 Å². The van der Waals surface area contributed by atoms with Gasteiger partial charge in [0.15, 0.2) is 0 Å². The SMILES string of the molecule is CC(=O)N(CCC(C)(C)c1ccc(Cl)cc1)[C@@H]1CCN(C(=O)N2CC[C@H](N(C)C(=O)c3ccc(-c4ccc(C(F)(F)F)cc4)cc3)C2)C1. The van der Waals surface area contributed by atoms with Crippen LogP contribution in [0.4, 0.5) is 18.0 Å². The lowest BCUT2D eigenvalue weighted by Gasteiger charge is -2.33. The van der Waals surface area contributed by atoms with Crippen molar-refractivity contribution in [2.45, 2.75) is 63.7 Å². The van der Waals surface area contributed by atoms with E-state index in [-0.39, 0.29) is 35.3 Å². The molecule has 7 nitrogen and oxygen atoms in total. The average Bonchev–Trinajstić information content (AvgIpc) is 3.75. The standard InChI is InChI=1S/C37H42ClF3N4O3/c1-25(46)45(22-19-36(2,3)29-13-15-31(38)16-14-29)33-18-21-44(24-33)35(48)43-20-17-32(23-43)42(4)34(47)28-7-5-26(6-8-28)27-9-11-30(12-10-27)37(39,40)41/h5-16,32-33H,17-24H2,1-4H3/t32-,33+/m0/s1. The molecule has 2 heterocycles. The van der Waals surface area contributed by atoms with Crippen LogP contribution in [0.1, 0.15) is 61.5 Å². The third-order valence-corrected chi connectivity index (χ3v) is 10.1. The third-order valence-electron chi connectivity index (χ3n) is 9.86. The first kappa shape index (κ1) is 35.3. The number of hydrogen-bond donors (Lipinski definition) is 0. The van der Waals surface area contributed by atoms with Gasteiger partial charge in [-0.2, -0.15) is 13.2 Å². The van der Waals surface area contributed by atoms with Crippen molar-refractivity contribution in [3.8, 4) is 11.1 Å². The fourth-order valence-corrected chi connectivity index (χ4v) is 6.80. The molecular formula is C37H42ClF3N4O3. The Labute approximate surface area is 285 Å². The fourth-order valence-electron chi connectivity index (χ4n) is 6.67. The summed E-state index contributed by atoms with van der Waals surface area (Å²) in [5, 5.41) is 0.685. The van der Waals surface area contributed by atoms with Gasteiger partial charge < -0.3 is 19.6 Å². The van der Waals surface area contributed by atoms with Gasteiger partial charge in [0.25, 0.3) is 5.91 Å². The highest BCUT2D eigenvalue weighted by Crippen LogP contribution is 2.32. The number of likely N-dealkylation sites (tertiary alicyclic amines) is 2. The van der Waals surface area contributed by atoms with Crippen molar-refractivity contribution in [2.75, 3.05) is 39.8 Å². The first-order valence-electron chi connectivity index (χ1n) is 16.3. The molecule has 2 atom stereocenters. The number of hydrogen-bond acceptors (Lipinski definition) is 3. The van der Waals surface area contributed by atoms with E-state index in [1.54, 1.807) is 48.0 Å². The number of halogens is 4. The zero-order valence-corrected chi connectivity index (χ0v) is 28.5. The number of amides is 4. The highest BCUT2D eigenvalue weighted by Gasteiger charge is 2.38. The van der Waals surface area contributed by atoms with E-state index < -0.39 is 11.7 Å². The first-order valence-corrected chi connectivity index (χ1v) is 16.6. The van der Waals surface area contributed by atoms with Gasteiger partial charge in [0.2, 0.25) is 5.91 Å². The molecule has 5 rings (SSSR count). The molecule has 256 valence electrons. The monoisotopic (exact) mass is 682 g/mol. The maximum absolute atomic E-state index is 13.5. The highest BCUT2D eigenvalue weighted by atomic mass is 35.5. The van der Waals surface area contributed by atoms with Crippen LogP contribution in [0, 0.1) is 0 Å². The second kappa shape index (κ2) is 14.2. The van der Waals surface area contributed by atoms with Crippen molar-refractivity contribution in [3.63, 3.8) is 0 Å². The van der Waals surface area contributed by atoms with Gasteiger partial charge in [-0.25, -0.2) is 4.79 Å². The predicted octanol–water partition coefficient (Wildman–Crippen LogP) is 7.58. The number of urea groups is 1. The molecule has 0 saturated carbocycles. The van der Waals surface area contributed by atoms with Crippen LogP contribution < -0.4 is 0 Å². The molecule has 0 N–H and O–H groups in total. The molecule has 0 radical (unpaired) electrons. The molecule has 11 heteroatoms. The Bertz CT molecular complexity index is 1610. The van der Waals surface area contributed by atoms with Gasteiger partial charge >= 0.3 is 12.2 Å². The lowest BCUT2D eigenvalue weighted by Crippen LogP contribution is -2.46. The molecule has 3 aromatic carbocycles. The Morgan fingerprint density at radius 3 is 1.83 bits per heavy atom. The maximum Gasteiger partial charge on any atom is 0.416 e. The number of rotatable bonds is 8. The summed E-state index contributed by atoms with van der Waals surface area (Å²) in [5.74, 6) is -0.192. The minimum atomic E-state index is -4.40. The summed E-state index contributed by atoms with van der Waals surface area (Å²) in [5.41, 5.74) is 2.08. The van der Waals surface area contributed by atoms with Crippen LogP contribution in [0.15, 0.2) is 72.8 Å². The summed E-state index contributed by atoms with van der Waals surface area (Å²) in [6, 6.07) is 19.2. The molecule has 4 amide bonds. The van der Waals surface area contributed by atoms with Crippen LogP contribution in [-0.2, 0) is 16.4 Å². The van der Waals surface area contributed by atoms with Gasteiger partial charge in [-0.3, -0.25) is 9.59 Å². The topological polar surface area (TPSA) is 64.2 Å². The van der Waals surface area contributed by atoms with Crippen molar-refractivity contribution in [1.82, 2.24) is 19.6 Å². The van der Waals surface area contributed by atoms with E-state index in [1.165, 1.54) is 12.1 Å². The molecule has 0 spiro atoms. The maximum atomic E-state index is 13.5. The van der Waals surface area contributed by atoms with Crippen molar-refractivity contribution in [3.05, 3.63) is 94.5 Å². The van der Waals surface area contributed by atoms with E-state index in [9.17, 15) is 27.6 Å². The van der Waals surface area contributed by atoms with Crippen LogP contribution in [-0.4, -0.2) is 89.3 Å². The van der Waals surface area contributed by atoms with Gasteiger partial charge in [-0.1, -0.05) is 61.8 Å². The van der Waals surface area contributed by atoms with E-state index >= 15 is 0 Å². The number of likely N-dealkylation sites (N-methyl/N-ethyl adjacent to an activating group) is 1. The van der Waals surface area contributed by atoms with Crippen LogP contribution in [0.5, 0.6) is 0 Å². The normalized spacial score (nSPS) is 18.2. The lowest BCUT2D eigenvalue weighted by atomic mass is 9.81. The van der Waals surface area contributed by atoms with E-state index in [0.29, 0.717) is 67.3 Å². The first-order chi connectivity index (χ1) is 22.6. The van der Waals surface area contributed by atoms with Gasteiger partial charge in [0.05, 0.1) is 17.6 Å². The summed E-state index contributed by atoms with van der Waals surface area (Å²) in [6.45, 7) is 8.46. The number of benzene rings is 3. The third kappa shape index (κ3) is 7.97. The average molecular weight is 683 g/mol. The zero-order valence-electron chi connectivity index (χ0n) is 27.8. The predicted molar refractivity (Wildman–Crippen MR) is 181 cm³/mol. The molecule has 2 aliphatic rings.